The smallest absolute Gasteiger partial charge is 0.233 e. The molecule has 1 aliphatic rings. The van der Waals surface area contributed by atoms with Crippen molar-refractivity contribution >= 4 is 22.6 Å². The molecule has 0 bridgehead atoms. The Balaban J connectivity index is 2.01. The van der Waals surface area contributed by atoms with E-state index in [9.17, 15) is 0 Å². The number of hydrogen-bond acceptors (Lipinski definition) is 6. The Hall–Kier alpha value is -0.880. The van der Waals surface area contributed by atoms with E-state index in [1.54, 1.807) is 0 Å². The molecule has 1 aliphatic heterocycles. The number of aliphatic hydroxyl groups is 1. The van der Waals surface area contributed by atoms with Crippen molar-refractivity contribution in [1.82, 2.24) is 9.36 Å². The molecule has 2 rings (SSSR count). The van der Waals surface area contributed by atoms with E-state index in [0.29, 0.717) is 12.0 Å². The minimum atomic E-state index is 0.266. The van der Waals surface area contributed by atoms with E-state index in [2.05, 4.69) is 14.3 Å². The van der Waals surface area contributed by atoms with Gasteiger partial charge in [-0.1, -0.05) is 0 Å². The predicted molar refractivity (Wildman–Crippen MR) is 61.0 cm³/mol. The van der Waals surface area contributed by atoms with Gasteiger partial charge in [-0.3, -0.25) is 0 Å². The highest BCUT2D eigenvalue weighted by atomic mass is 32.1. The monoisotopic (exact) mass is 228 g/mol. The number of aliphatic hydroxyl groups excluding tert-OH is 1. The molecule has 1 aromatic heterocycles. The van der Waals surface area contributed by atoms with Gasteiger partial charge in [0.1, 0.15) is 0 Å². The zero-order valence-corrected chi connectivity index (χ0v) is 9.41. The Morgan fingerprint density at radius 2 is 2.47 bits per heavy atom. The van der Waals surface area contributed by atoms with Crippen LogP contribution in [-0.4, -0.2) is 33.7 Å². The van der Waals surface area contributed by atoms with Crippen LogP contribution in [0.4, 0.5) is 11.1 Å². The molecular weight excluding hydrogens is 212 g/mol. The molecule has 1 atom stereocenters. The van der Waals surface area contributed by atoms with E-state index in [1.807, 2.05) is 0 Å². The quantitative estimate of drug-likeness (QED) is 0.799. The molecule has 0 radical (unpaired) electrons. The number of nitrogen functional groups attached to an aromatic ring is 1. The van der Waals surface area contributed by atoms with Crippen LogP contribution in [0.3, 0.4) is 0 Å². The fourth-order valence-corrected chi connectivity index (χ4v) is 2.75. The third-order valence-corrected chi connectivity index (χ3v) is 3.52. The lowest BCUT2D eigenvalue weighted by molar-refractivity contribution is 0.279. The van der Waals surface area contributed by atoms with Crippen LogP contribution in [0.2, 0.25) is 0 Å². The largest absolute Gasteiger partial charge is 0.396 e. The van der Waals surface area contributed by atoms with Crippen molar-refractivity contribution < 1.29 is 5.11 Å². The molecule has 3 N–H and O–H groups in total. The van der Waals surface area contributed by atoms with Crippen LogP contribution in [0.15, 0.2) is 0 Å². The summed E-state index contributed by atoms with van der Waals surface area (Å²) in [5, 5.41) is 9.75. The van der Waals surface area contributed by atoms with Gasteiger partial charge in [-0.25, -0.2) is 0 Å². The molecule has 0 saturated carbocycles. The molecule has 84 valence electrons. The topological polar surface area (TPSA) is 75.3 Å². The maximum absolute atomic E-state index is 8.82. The molecule has 1 aromatic rings. The van der Waals surface area contributed by atoms with Crippen LogP contribution in [0.5, 0.6) is 0 Å². The van der Waals surface area contributed by atoms with Crippen LogP contribution >= 0.6 is 11.5 Å². The summed E-state index contributed by atoms with van der Waals surface area (Å²) >= 11 is 1.36. The van der Waals surface area contributed by atoms with Crippen LogP contribution in [0.1, 0.15) is 25.7 Å². The van der Waals surface area contributed by atoms with E-state index >= 15 is 0 Å². The lowest BCUT2D eigenvalue weighted by Gasteiger charge is -2.23. The molecule has 0 spiro atoms. The lowest BCUT2D eigenvalue weighted by atomic mass is 10.1. The summed E-state index contributed by atoms with van der Waals surface area (Å²) in [5.41, 5.74) is 5.51. The average molecular weight is 228 g/mol. The highest BCUT2D eigenvalue weighted by Gasteiger charge is 2.26. The van der Waals surface area contributed by atoms with E-state index in [-0.39, 0.29) is 6.61 Å². The van der Waals surface area contributed by atoms with Crippen molar-refractivity contribution in [2.24, 2.45) is 0 Å². The van der Waals surface area contributed by atoms with Crippen molar-refractivity contribution in [2.45, 2.75) is 31.7 Å². The molecule has 0 aliphatic carbocycles. The Morgan fingerprint density at radius 3 is 3.13 bits per heavy atom. The van der Waals surface area contributed by atoms with Crippen molar-refractivity contribution in [2.75, 3.05) is 23.8 Å². The van der Waals surface area contributed by atoms with Gasteiger partial charge < -0.3 is 15.7 Å². The summed E-state index contributed by atoms with van der Waals surface area (Å²) in [4.78, 5) is 6.47. The summed E-state index contributed by atoms with van der Waals surface area (Å²) < 4.78 is 3.99. The van der Waals surface area contributed by atoms with Crippen LogP contribution in [-0.2, 0) is 0 Å². The lowest BCUT2D eigenvalue weighted by Crippen LogP contribution is -2.29. The third kappa shape index (κ3) is 2.38. The number of nitrogens with two attached hydrogens (primary N) is 1. The van der Waals surface area contributed by atoms with Crippen LogP contribution < -0.4 is 10.6 Å². The van der Waals surface area contributed by atoms with Gasteiger partial charge in [-0.05, 0) is 25.7 Å². The van der Waals surface area contributed by atoms with E-state index in [0.717, 1.165) is 24.5 Å². The first kappa shape index (κ1) is 10.6. The Labute approximate surface area is 93.1 Å². The average Bonchev–Trinajstić information content (AvgIpc) is 2.82. The number of hydrogen-bond donors (Lipinski definition) is 2. The van der Waals surface area contributed by atoms with Gasteiger partial charge >= 0.3 is 0 Å². The fraction of sp³-hybridized carbons (Fsp3) is 0.778. The van der Waals surface area contributed by atoms with Gasteiger partial charge in [0.2, 0.25) is 11.1 Å². The molecule has 1 unspecified atom stereocenters. The molecule has 1 fully saturated rings. The first-order valence-corrected chi connectivity index (χ1v) is 6.05. The summed E-state index contributed by atoms with van der Waals surface area (Å²) in [5.74, 6) is 0.364. The first-order chi connectivity index (χ1) is 7.31. The van der Waals surface area contributed by atoms with E-state index in [1.165, 1.54) is 24.4 Å². The number of anilines is 2. The molecule has 15 heavy (non-hydrogen) atoms. The van der Waals surface area contributed by atoms with Crippen LogP contribution in [0.25, 0.3) is 0 Å². The SMILES string of the molecule is Nc1nsc(N2CCCC2CCCO)n1. The van der Waals surface area contributed by atoms with Gasteiger partial charge in [0.25, 0.3) is 0 Å². The van der Waals surface area contributed by atoms with Gasteiger partial charge in [-0.15, -0.1) is 0 Å². The molecule has 0 amide bonds. The first-order valence-electron chi connectivity index (χ1n) is 5.28. The molecule has 6 heteroatoms. The Bertz CT molecular complexity index is 317. The summed E-state index contributed by atoms with van der Waals surface area (Å²) in [6.07, 6.45) is 4.25. The summed E-state index contributed by atoms with van der Waals surface area (Å²) in [6, 6.07) is 0.504. The minimum absolute atomic E-state index is 0.266. The fourth-order valence-electron chi connectivity index (χ4n) is 2.06. The van der Waals surface area contributed by atoms with Crippen molar-refractivity contribution in [3.63, 3.8) is 0 Å². The van der Waals surface area contributed by atoms with Crippen molar-refractivity contribution in [3.8, 4) is 0 Å². The zero-order chi connectivity index (χ0) is 10.7. The van der Waals surface area contributed by atoms with Gasteiger partial charge in [0.05, 0.1) is 0 Å². The summed E-state index contributed by atoms with van der Waals surface area (Å²) in [6.45, 7) is 1.30. The Kier molecular flexibility index (Phi) is 3.37. The second-order valence-corrected chi connectivity index (χ2v) is 4.52. The standard InChI is InChI=1S/C9H16N4OS/c10-8-11-9(15-12-8)13-5-1-3-7(13)4-2-6-14/h7,14H,1-6H2,(H2,10,12). The second kappa shape index (κ2) is 4.76. The molecule has 2 heterocycles. The maximum Gasteiger partial charge on any atom is 0.233 e. The molecule has 0 aromatic carbocycles. The number of aromatic nitrogens is 2. The maximum atomic E-state index is 8.82. The minimum Gasteiger partial charge on any atom is -0.396 e. The molecular formula is C9H16N4OS. The van der Waals surface area contributed by atoms with E-state index in [4.69, 9.17) is 10.8 Å². The Morgan fingerprint density at radius 1 is 1.60 bits per heavy atom. The molecule has 1 saturated heterocycles. The highest BCUT2D eigenvalue weighted by Crippen LogP contribution is 2.29. The van der Waals surface area contributed by atoms with Gasteiger partial charge in [-0.2, -0.15) is 9.36 Å². The number of nitrogens with zero attached hydrogens (tertiary/aromatic N) is 3. The highest BCUT2D eigenvalue weighted by molar-refractivity contribution is 7.09. The second-order valence-electron chi connectivity index (χ2n) is 3.79. The van der Waals surface area contributed by atoms with Crippen molar-refractivity contribution in [3.05, 3.63) is 0 Å². The summed E-state index contributed by atoms with van der Waals surface area (Å²) in [7, 11) is 0. The van der Waals surface area contributed by atoms with Crippen molar-refractivity contribution in [1.29, 1.82) is 0 Å². The normalized spacial score (nSPS) is 21.1. The number of rotatable bonds is 4. The third-order valence-electron chi connectivity index (χ3n) is 2.75. The van der Waals surface area contributed by atoms with Gasteiger partial charge in [0.15, 0.2) is 0 Å². The van der Waals surface area contributed by atoms with Crippen LogP contribution in [0, 0.1) is 0 Å². The van der Waals surface area contributed by atoms with Gasteiger partial charge in [0, 0.05) is 30.7 Å². The van der Waals surface area contributed by atoms with E-state index < -0.39 is 0 Å². The zero-order valence-electron chi connectivity index (χ0n) is 8.59. The predicted octanol–water partition coefficient (Wildman–Crippen LogP) is 0.862. The molecule has 5 nitrogen and oxygen atoms in total.